The second-order valence-corrected chi connectivity index (χ2v) is 7.85. The summed E-state index contributed by atoms with van der Waals surface area (Å²) in [6.45, 7) is 3.77. The highest BCUT2D eigenvalue weighted by molar-refractivity contribution is 7.92. The lowest BCUT2D eigenvalue weighted by Gasteiger charge is -2.12. The first-order valence-electron chi connectivity index (χ1n) is 9.08. The van der Waals surface area contributed by atoms with Gasteiger partial charge in [0.2, 0.25) is 0 Å². The first kappa shape index (κ1) is 21.2. The van der Waals surface area contributed by atoms with Crippen molar-refractivity contribution in [1.29, 1.82) is 0 Å². The smallest absolute Gasteiger partial charge is 0.263 e. The van der Waals surface area contributed by atoms with Crippen LogP contribution in [-0.4, -0.2) is 32.7 Å². The molecule has 0 bridgehead atoms. The molecule has 0 aliphatic heterocycles. The molecule has 0 aliphatic rings. The van der Waals surface area contributed by atoms with Crippen LogP contribution in [0.25, 0.3) is 0 Å². The summed E-state index contributed by atoms with van der Waals surface area (Å²) in [6, 6.07) is 14.2. The second-order valence-electron chi connectivity index (χ2n) is 6.17. The number of aryl methyl sites for hydroxylation is 1. The quantitative estimate of drug-likeness (QED) is 0.534. The summed E-state index contributed by atoms with van der Waals surface area (Å²) in [5.41, 5.74) is 0.429. The molecule has 0 saturated carbocycles. The molecular weight excluding hydrogens is 410 g/mol. The lowest BCUT2D eigenvalue weighted by molar-refractivity contribution is -0.118. The van der Waals surface area contributed by atoms with Gasteiger partial charge in [-0.05, 0) is 50.2 Å². The van der Waals surface area contributed by atoms with Gasteiger partial charge in [0, 0.05) is 11.8 Å². The van der Waals surface area contributed by atoms with Crippen LogP contribution in [0.3, 0.4) is 0 Å². The van der Waals surface area contributed by atoms with Crippen LogP contribution in [0, 0.1) is 6.92 Å². The average Bonchev–Trinajstić information content (AvgIpc) is 3.12. The number of anilines is 2. The van der Waals surface area contributed by atoms with Crippen molar-refractivity contribution in [3.05, 3.63) is 60.4 Å². The summed E-state index contributed by atoms with van der Waals surface area (Å²) in [4.78, 5) is 12.2. The van der Waals surface area contributed by atoms with E-state index in [-0.39, 0.29) is 17.3 Å². The fraction of sp³-hybridized carbons (Fsp3) is 0.200. The minimum atomic E-state index is -3.83. The van der Waals surface area contributed by atoms with Crippen molar-refractivity contribution >= 4 is 27.4 Å². The van der Waals surface area contributed by atoms with E-state index in [9.17, 15) is 13.2 Å². The van der Waals surface area contributed by atoms with Gasteiger partial charge < -0.3 is 19.3 Å². The number of aromatic nitrogens is 1. The van der Waals surface area contributed by atoms with Gasteiger partial charge in [0.15, 0.2) is 23.9 Å². The van der Waals surface area contributed by atoms with E-state index in [4.69, 9.17) is 14.0 Å². The van der Waals surface area contributed by atoms with Gasteiger partial charge in [-0.3, -0.25) is 9.52 Å². The molecule has 10 heteroatoms. The van der Waals surface area contributed by atoms with Crippen molar-refractivity contribution in [2.24, 2.45) is 0 Å². The summed E-state index contributed by atoms with van der Waals surface area (Å²) in [6.07, 6.45) is 0. The predicted molar refractivity (Wildman–Crippen MR) is 110 cm³/mol. The highest BCUT2D eigenvalue weighted by Gasteiger charge is 2.16. The molecule has 30 heavy (non-hydrogen) atoms. The van der Waals surface area contributed by atoms with E-state index < -0.39 is 15.9 Å². The third-order valence-corrected chi connectivity index (χ3v) is 5.19. The Balaban J connectivity index is 1.58. The van der Waals surface area contributed by atoms with E-state index in [1.165, 1.54) is 30.3 Å². The van der Waals surface area contributed by atoms with Gasteiger partial charge in [-0.25, -0.2) is 8.42 Å². The molecule has 0 atom stereocenters. The third kappa shape index (κ3) is 5.51. The molecule has 0 aliphatic carbocycles. The Bertz CT molecular complexity index is 1110. The maximum Gasteiger partial charge on any atom is 0.263 e. The van der Waals surface area contributed by atoms with Crippen molar-refractivity contribution in [2.75, 3.05) is 23.3 Å². The fourth-order valence-corrected chi connectivity index (χ4v) is 3.50. The van der Waals surface area contributed by atoms with E-state index in [1.807, 2.05) is 13.0 Å². The van der Waals surface area contributed by atoms with E-state index in [0.717, 1.165) is 0 Å². The van der Waals surface area contributed by atoms with Crippen LogP contribution in [-0.2, 0) is 14.8 Å². The molecule has 0 fully saturated rings. The highest BCUT2D eigenvalue weighted by Crippen LogP contribution is 2.26. The third-order valence-electron chi connectivity index (χ3n) is 3.82. The van der Waals surface area contributed by atoms with E-state index in [0.29, 0.717) is 29.6 Å². The Morgan fingerprint density at radius 1 is 1.07 bits per heavy atom. The molecule has 1 aromatic heterocycles. The molecule has 1 amide bonds. The summed E-state index contributed by atoms with van der Waals surface area (Å²) in [7, 11) is -3.83. The molecule has 9 nitrogen and oxygen atoms in total. The number of nitrogens with one attached hydrogen (secondary N) is 2. The summed E-state index contributed by atoms with van der Waals surface area (Å²) in [5, 5.41) is 6.25. The fourth-order valence-electron chi connectivity index (χ4n) is 2.51. The van der Waals surface area contributed by atoms with E-state index in [2.05, 4.69) is 15.2 Å². The van der Waals surface area contributed by atoms with Gasteiger partial charge in [-0.2, -0.15) is 0 Å². The van der Waals surface area contributed by atoms with Crippen molar-refractivity contribution < 1.29 is 27.2 Å². The molecule has 2 aromatic carbocycles. The monoisotopic (exact) mass is 431 g/mol. The van der Waals surface area contributed by atoms with Crippen molar-refractivity contribution in [3.8, 4) is 11.5 Å². The normalized spacial score (nSPS) is 11.0. The van der Waals surface area contributed by atoms with Gasteiger partial charge >= 0.3 is 0 Å². The molecule has 3 rings (SSSR count). The lowest BCUT2D eigenvalue weighted by atomic mass is 10.3. The molecule has 3 aromatic rings. The average molecular weight is 431 g/mol. The standard InChI is InChI=1S/C20H21N3O6S/c1-3-27-17-6-4-5-7-18(17)28-13-20(24)21-15-8-10-16(11-9-15)30(25,26)23-19-12-14(2)29-22-19/h4-12H,3,13H2,1-2H3,(H,21,24)(H,22,23). The van der Waals surface area contributed by atoms with Crippen LogP contribution in [0.15, 0.2) is 64.0 Å². The number of ether oxygens (including phenoxy) is 2. The first-order valence-corrected chi connectivity index (χ1v) is 10.6. The van der Waals surface area contributed by atoms with Crippen molar-refractivity contribution in [1.82, 2.24) is 5.16 Å². The first-order chi connectivity index (χ1) is 14.4. The number of amides is 1. The number of para-hydroxylation sites is 2. The zero-order chi connectivity index (χ0) is 21.6. The van der Waals surface area contributed by atoms with Crippen molar-refractivity contribution in [2.45, 2.75) is 18.7 Å². The Labute approximate surface area is 174 Å². The summed E-state index contributed by atoms with van der Waals surface area (Å²) >= 11 is 0. The molecular formula is C20H21N3O6S. The molecule has 0 unspecified atom stereocenters. The van der Waals surface area contributed by atoms with Gasteiger partial charge in [-0.15, -0.1) is 0 Å². The van der Waals surface area contributed by atoms with Crippen LogP contribution < -0.4 is 19.5 Å². The summed E-state index contributed by atoms with van der Waals surface area (Å²) in [5.74, 6) is 1.20. The molecule has 0 spiro atoms. The number of hydrogen-bond acceptors (Lipinski definition) is 7. The van der Waals surface area contributed by atoms with Crippen LogP contribution in [0.5, 0.6) is 11.5 Å². The second kappa shape index (κ2) is 9.31. The number of carbonyl (C=O) groups excluding carboxylic acids is 1. The zero-order valence-corrected chi connectivity index (χ0v) is 17.2. The zero-order valence-electron chi connectivity index (χ0n) is 16.4. The van der Waals surface area contributed by atoms with Crippen LogP contribution in [0.4, 0.5) is 11.5 Å². The summed E-state index contributed by atoms with van der Waals surface area (Å²) < 4.78 is 42.9. The largest absolute Gasteiger partial charge is 0.490 e. The van der Waals surface area contributed by atoms with Gasteiger partial charge in [-0.1, -0.05) is 17.3 Å². The van der Waals surface area contributed by atoms with Crippen LogP contribution >= 0.6 is 0 Å². The van der Waals surface area contributed by atoms with Gasteiger partial charge in [0.1, 0.15) is 5.76 Å². The predicted octanol–water partition coefficient (Wildman–Crippen LogP) is 3.20. The molecule has 1 heterocycles. The maximum atomic E-state index is 12.4. The number of nitrogens with zero attached hydrogens (tertiary/aromatic N) is 1. The number of rotatable bonds is 9. The molecule has 0 radical (unpaired) electrons. The van der Waals surface area contributed by atoms with E-state index >= 15 is 0 Å². The minimum Gasteiger partial charge on any atom is -0.490 e. The van der Waals surface area contributed by atoms with Crippen molar-refractivity contribution in [3.63, 3.8) is 0 Å². The number of sulfonamides is 1. The highest BCUT2D eigenvalue weighted by atomic mass is 32.2. The Hall–Kier alpha value is -3.53. The molecule has 0 saturated heterocycles. The van der Waals surface area contributed by atoms with Gasteiger partial charge in [0.25, 0.3) is 15.9 Å². The Morgan fingerprint density at radius 3 is 2.33 bits per heavy atom. The topological polar surface area (TPSA) is 120 Å². The number of carbonyl (C=O) groups is 1. The van der Waals surface area contributed by atoms with Crippen LogP contribution in [0.2, 0.25) is 0 Å². The molecule has 2 N–H and O–H groups in total. The SMILES string of the molecule is CCOc1ccccc1OCC(=O)Nc1ccc(S(=O)(=O)Nc2cc(C)on2)cc1. The Morgan fingerprint density at radius 2 is 1.73 bits per heavy atom. The van der Waals surface area contributed by atoms with Gasteiger partial charge in [0.05, 0.1) is 11.5 Å². The Kier molecular flexibility index (Phi) is 6.58. The van der Waals surface area contributed by atoms with Crippen LogP contribution in [0.1, 0.15) is 12.7 Å². The lowest BCUT2D eigenvalue weighted by Crippen LogP contribution is -2.20. The maximum absolute atomic E-state index is 12.4. The molecule has 158 valence electrons. The minimum absolute atomic E-state index is 0.0167. The number of benzene rings is 2. The van der Waals surface area contributed by atoms with E-state index in [1.54, 1.807) is 25.1 Å². The number of hydrogen-bond donors (Lipinski definition) is 2.